The number of aromatic hydroxyl groups is 1. The summed E-state index contributed by atoms with van der Waals surface area (Å²) in [4.78, 5) is 11.1. The first kappa shape index (κ1) is 13.0. The highest BCUT2D eigenvalue weighted by Gasteiger charge is 2.54. The molecule has 0 saturated heterocycles. The Bertz CT molecular complexity index is 498. The summed E-state index contributed by atoms with van der Waals surface area (Å²) in [5.41, 5.74) is -2.58. The van der Waals surface area contributed by atoms with Crippen molar-refractivity contribution in [2.75, 3.05) is 0 Å². The number of carbonyl (C=O) groups is 1. The first-order chi connectivity index (χ1) is 8.18. The molecule has 7 heteroatoms. The molecule has 1 fully saturated rings. The standard InChI is InChI=1S/C11H8ClF3O3/c12-6-3-5(11(13,14)15)4-7(16)8(6)10(1-2-10)9(17)18/h3-4,16H,1-2H2,(H,17,18). The van der Waals surface area contributed by atoms with E-state index in [2.05, 4.69) is 0 Å². The Morgan fingerprint density at radius 1 is 1.33 bits per heavy atom. The smallest absolute Gasteiger partial charge is 0.416 e. The summed E-state index contributed by atoms with van der Waals surface area (Å²) >= 11 is 5.69. The number of carboxylic acids is 1. The predicted octanol–water partition coefficient (Wildman–Crippen LogP) is 3.18. The van der Waals surface area contributed by atoms with E-state index in [0.29, 0.717) is 12.1 Å². The fourth-order valence-corrected chi connectivity index (χ4v) is 2.32. The minimum Gasteiger partial charge on any atom is -0.508 e. The lowest BCUT2D eigenvalue weighted by atomic mass is 9.93. The Hall–Kier alpha value is -1.43. The zero-order valence-corrected chi connectivity index (χ0v) is 9.64. The Labute approximate surface area is 105 Å². The Kier molecular flexibility index (Phi) is 2.73. The molecule has 1 aliphatic rings. The summed E-state index contributed by atoms with van der Waals surface area (Å²) in [6.07, 6.45) is -4.14. The van der Waals surface area contributed by atoms with E-state index >= 15 is 0 Å². The number of aliphatic carboxylic acids is 1. The van der Waals surface area contributed by atoms with E-state index in [1.807, 2.05) is 0 Å². The zero-order chi connectivity index (χ0) is 13.7. The molecular weight excluding hydrogens is 273 g/mol. The third kappa shape index (κ3) is 1.90. The number of alkyl halides is 3. The molecule has 0 unspecified atom stereocenters. The first-order valence-corrected chi connectivity index (χ1v) is 5.40. The number of hydrogen-bond acceptors (Lipinski definition) is 2. The van der Waals surface area contributed by atoms with E-state index in [4.69, 9.17) is 16.7 Å². The summed E-state index contributed by atoms with van der Waals surface area (Å²) in [5.74, 6) is -1.92. The topological polar surface area (TPSA) is 57.5 Å². The average molecular weight is 281 g/mol. The number of carboxylic acid groups (broad SMARTS) is 1. The third-order valence-corrected chi connectivity index (χ3v) is 3.33. The second kappa shape index (κ2) is 3.78. The summed E-state index contributed by atoms with van der Waals surface area (Å²) in [5, 5.41) is 18.3. The van der Waals surface area contributed by atoms with Gasteiger partial charge in [-0.1, -0.05) is 11.6 Å². The summed E-state index contributed by atoms with van der Waals surface area (Å²) in [7, 11) is 0. The Morgan fingerprint density at radius 3 is 2.22 bits per heavy atom. The third-order valence-electron chi connectivity index (χ3n) is 3.03. The van der Waals surface area contributed by atoms with Crippen LogP contribution in [-0.2, 0) is 16.4 Å². The number of hydrogen-bond donors (Lipinski definition) is 2. The molecule has 0 heterocycles. The molecule has 98 valence electrons. The maximum atomic E-state index is 12.5. The molecule has 0 bridgehead atoms. The van der Waals surface area contributed by atoms with Gasteiger partial charge < -0.3 is 10.2 Å². The molecular formula is C11H8ClF3O3. The van der Waals surface area contributed by atoms with Crippen molar-refractivity contribution in [1.82, 2.24) is 0 Å². The van der Waals surface area contributed by atoms with Gasteiger partial charge in [-0.25, -0.2) is 0 Å². The van der Waals surface area contributed by atoms with Gasteiger partial charge in [0.25, 0.3) is 0 Å². The van der Waals surface area contributed by atoms with Crippen molar-refractivity contribution in [1.29, 1.82) is 0 Å². The van der Waals surface area contributed by atoms with Crippen LogP contribution in [0.4, 0.5) is 13.2 Å². The van der Waals surface area contributed by atoms with Gasteiger partial charge in [-0.15, -0.1) is 0 Å². The Morgan fingerprint density at radius 2 is 1.89 bits per heavy atom. The maximum absolute atomic E-state index is 12.5. The van der Waals surface area contributed by atoms with Gasteiger partial charge in [0.15, 0.2) is 0 Å². The van der Waals surface area contributed by atoms with E-state index in [0.717, 1.165) is 0 Å². The fourth-order valence-electron chi connectivity index (χ4n) is 1.93. The minimum atomic E-state index is -4.64. The monoisotopic (exact) mass is 280 g/mol. The number of benzene rings is 1. The molecule has 2 rings (SSSR count). The van der Waals surface area contributed by atoms with Crippen LogP contribution in [0.1, 0.15) is 24.0 Å². The van der Waals surface area contributed by atoms with Gasteiger partial charge >= 0.3 is 12.1 Å². The molecule has 1 aromatic carbocycles. The summed E-state index contributed by atoms with van der Waals surface area (Å²) in [6.45, 7) is 0. The van der Waals surface area contributed by atoms with Crippen LogP contribution in [0.25, 0.3) is 0 Å². The molecule has 2 N–H and O–H groups in total. The summed E-state index contributed by atoms with van der Waals surface area (Å²) in [6, 6.07) is 1.14. The molecule has 1 aliphatic carbocycles. The van der Waals surface area contributed by atoms with Crippen molar-refractivity contribution >= 4 is 17.6 Å². The SMILES string of the molecule is O=C(O)C1(c2c(O)cc(C(F)(F)F)cc2Cl)CC1. The van der Waals surface area contributed by atoms with Gasteiger partial charge in [0.05, 0.1) is 11.0 Å². The van der Waals surface area contributed by atoms with Gasteiger partial charge in [-0.2, -0.15) is 13.2 Å². The van der Waals surface area contributed by atoms with E-state index in [1.54, 1.807) is 0 Å². The van der Waals surface area contributed by atoms with Crippen LogP contribution in [0.2, 0.25) is 5.02 Å². The van der Waals surface area contributed by atoms with Crippen molar-refractivity contribution < 1.29 is 28.2 Å². The lowest BCUT2D eigenvalue weighted by molar-refractivity contribution is -0.140. The quantitative estimate of drug-likeness (QED) is 0.875. The number of phenols is 1. The van der Waals surface area contributed by atoms with Crippen LogP contribution in [0.3, 0.4) is 0 Å². The molecule has 3 nitrogen and oxygen atoms in total. The lowest BCUT2D eigenvalue weighted by Gasteiger charge is -2.16. The van der Waals surface area contributed by atoms with Crippen molar-refractivity contribution in [3.63, 3.8) is 0 Å². The second-order valence-electron chi connectivity index (χ2n) is 4.24. The van der Waals surface area contributed by atoms with Crippen LogP contribution >= 0.6 is 11.6 Å². The average Bonchev–Trinajstić information content (AvgIpc) is 2.96. The lowest BCUT2D eigenvalue weighted by Crippen LogP contribution is -2.20. The van der Waals surface area contributed by atoms with Crippen LogP contribution in [0.15, 0.2) is 12.1 Å². The van der Waals surface area contributed by atoms with Crippen molar-refractivity contribution in [2.24, 2.45) is 0 Å². The highest BCUT2D eigenvalue weighted by Crippen LogP contribution is 2.54. The second-order valence-corrected chi connectivity index (χ2v) is 4.64. The van der Waals surface area contributed by atoms with Crippen LogP contribution in [0, 0.1) is 0 Å². The highest BCUT2D eigenvalue weighted by molar-refractivity contribution is 6.32. The number of phenolic OH excluding ortho intramolecular Hbond substituents is 1. The predicted molar refractivity (Wildman–Crippen MR) is 56.7 cm³/mol. The van der Waals surface area contributed by atoms with E-state index in [1.165, 1.54) is 0 Å². The largest absolute Gasteiger partial charge is 0.508 e. The first-order valence-electron chi connectivity index (χ1n) is 5.02. The van der Waals surface area contributed by atoms with Crippen LogP contribution in [0.5, 0.6) is 5.75 Å². The van der Waals surface area contributed by atoms with Gasteiger partial charge in [0, 0.05) is 10.6 Å². The molecule has 0 spiro atoms. The minimum absolute atomic E-state index is 0.135. The molecule has 0 aromatic heterocycles. The van der Waals surface area contributed by atoms with Crippen molar-refractivity contribution in [2.45, 2.75) is 24.4 Å². The van der Waals surface area contributed by atoms with Gasteiger partial charge in [0.2, 0.25) is 0 Å². The molecule has 0 aliphatic heterocycles. The van der Waals surface area contributed by atoms with Gasteiger partial charge in [0.1, 0.15) is 5.75 Å². The molecule has 0 radical (unpaired) electrons. The normalized spacial score (nSPS) is 17.6. The highest BCUT2D eigenvalue weighted by atomic mass is 35.5. The molecule has 1 aromatic rings. The van der Waals surface area contributed by atoms with Gasteiger partial charge in [-0.3, -0.25) is 4.79 Å². The fraction of sp³-hybridized carbons (Fsp3) is 0.364. The number of rotatable bonds is 2. The van der Waals surface area contributed by atoms with Crippen molar-refractivity contribution in [3.05, 3.63) is 28.3 Å². The molecule has 1 saturated carbocycles. The zero-order valence-electron chi connectivity index (χ0n) is 8.88. The number of halogens is 4. The van der Waals surface area contributed by atoms with E-state index < -0.39 is 28.9 Å². The molecule has 18 heavy (non-hydrogen) atoms. The Balaban J connectivity index is 2.56. The van der Waals surface area contributed by atoms with Crippen LogP contribution < -0.4 is 0 Å². The maximum Gasteiger partial charge on any atom is 0.416 e. The van der Waals surface area contributed by atoms with Gasteiger partial charge in [-0.05, 0) is 25.0 Å². The van der Waals surface area contributed by atoms with Crippen molar-refractivity contribution in [3.8, 4) is 5.75 Å². The van der Waals surface area contributed by atoms with Crippen LogP contribution in [-0.4, -0.2) is 16.2 Å². The molecule has 0 amide bonds. The molecule has 0 atom stereocenters. The summed E-state index contributed by atoms with van der Waals surface area (Å²) < 4.78 is 37.4. The van der Waals surface area contributed by atoms with E-state index in [-0.39, 0.29) is 23.4 Å². The van der Waals surface area contributed by atoms with E-state index in [9.17, 15) is 23.1 Å².